The number of nitrogens with zero attached hydrogens (tertiary/aromatic N) is 3. The fourth-order valence-electron chi connectivity index (χ4n) is 3.70. The second-order valence-electron chi connectivity index (χ2n) is 6.94. The number of aromatic nitrogens is 2. The molecule has 158 valence electrons. The predicted octanol–water partition coefficient (Wildman–Crippen LogP) is 5.50. The molecule has 3 aromatic rings. The number of rotatable bonds is 5. The number of pyridine rings is 2. The van der Waals surface area contributed by atoms with E-state index in [4.69, 9.17) is 54.0 Å². The van der Waals surface area contributed by atoms with E-state index in [-0.39, 0.29) is 6.10 Å². The Morgan fingerprint density at radius 1 is 1.00 bits per heavy atom. The Labute approximate surface area is 189 Å². The lowest BCUT2D eigenvalue weighted by atomic mass is 10.1. The highest BCUT2D eigenvalue weighted by molar-refractivity contribution is 6.41. The van der Waals surface area contributed by atoms with Crippen LogP contribution in [-0.4, -0.2) is 50.5 Å². The number of ether oxygens (including phenoxy) is 3. The first-order valence-corrected chi connectivity index (χ1v) is 10.4. The Morgan fingerprint density at radius 3 is 2.30 bits per heavy atom. The molecular weight excluding hydrogens is 449 g/mol. The monoisotopic (exact) mass is 467 g/mol. The van der Waals surface area contributed by atoms with Crippen molar-refractivity contribution in [1.82, 2.24) is 9.97 Å². The molecule has 1 fully saturated rings. The Hall–Kier alpha value is -1.99. The summed E-state index contributed by atoms with van der Waals surface area (Å²) in [6.07, 6.45) is 2.78. The van der Waals surface area contributed by atoms with Gasteiger partial charge in [0.1, 0.15) is 22.5 Å². The first-order valence-electron chi connectivity index (χ1n) is 9.31. The molecule has 0 spiro atoms. The Bertz CT molecular complexity index is 1080. The second-order valence-corrected chi connectivity index (χ2v) is 8.08. The van der Waals surface area contributed by atoms with Crippen molar-refractivity contribution >= 4 is 51.4 Å². The maximum Gasteiger partial charge on any atom is 0.141 e. The summed E-state index contributed by atoms with van der Waals surface area (Å²) in [4.78, 5) is 11.3. The highest BCUT2D eigenvalue weighted by Gasteiger charge is 2.27. The van der Waals surface area contributed by atoms with Gasteiger partial charge in [0.15, 0.2) is 0 Å². The molecule has 1 saturated heterocycles. The number of methoxy groups -OCH3 is 3. The quantitative estimate of drug-likeness (QED) is 0.461. The van der Waals surface area contributed by atoms with E-state index >= 15 is 0 Å². The van der Waals surface area contributed by atoms with Crippen LogP contribution in [0, 0.1) is 0 Å². The number of anilines is 1. The summed E-state index contributed by atoms with van der Waals surface area (Å²) < 4.78 is 16.4. The molecule has 1 aliphatic heterocycles. The third-order valence-electron chi connectivity index (χ3n) is 5.27. The first-order chi connectivity index (χ1) is 14.5. The Balaban J connectivity index is 1.97. The largest absolute Gasteiger partial charge is 0.495 e. The van der Waals surface area contributed by atoms with Crippen molar-refractivity contribution in [3.8, 4) is 22.8 Å². The van der Waals surface area contributed by atoms with Gasteiger partial charge in [-0.25, -0.2) is 9.97 Å². The zero-order chi connectivity index (χ0) is 21.4. The van der Waals surface area contributed by atoms with Gasteiger partial charge in [0, 0.05) is 48.8 Å². The summed E-state index contributed by atoms with van der Waals surface area (Å²) in [5.74, 6) is 1.68. The average molecular weight is 469 g/mol. The lowest BCUT2D eigenvalue weighted by Crippen LogP contribution is -2.23. The van der Waals surface area contributed by atoms with Crippen molar-refractivity contribution in [3.63, 3.8) is 0 Å². The van der Waals surface area contributed by atoms with Gasteiger partial charge < -0.3 is 19.1 Å². The van der Waals surface area contributed by atoms with Crippen LogP contribution in [0.1, 0.15) is 6.42 Å². The van der Waals surface area contributed by atoms with Gasteiger partial charge >= 0.3 is 0 Å². The van der Waals surface area contributed by atoms with E-state index in [9.17, 15) is 0 Å². The van der Waals surface area contributed by atoms with Crippen molar-refractivity contribution in [2.75, 3.05) is 39.3 Å². The predicted molar refractivity (Wildman–Crippen MR) is 121 cm³/mol. The van der Waals surface area contributed by atoms with Crippen LogP contribution in [-0.2, 0) is 4.74 Å². The van der Waals surface area contributed by atoms with Gasteiger partial charge in [0.2, 0.25) is 0 Å². The average Bonchev–Trinajstić information content (AvgIpc) is 3.23. The number of hydrogen-bond donors (Lipinski definition) is 0. The lowest BCUT2D eigenvalue weighted by molar-refractivity contribution is 0.121. The van der Waals surface area contributed by atoms with Crippen LogP contribution in [0.4, 0.5) is 5.82 Å². The summed E-state index contributed by atoms with van der Waals surface area (Å²) in [5.41, 5.74) is 1.13. The maximum absolute atomic E-state index is 6.64. The molecule has 0 N–H and O–H groups in total. The van der Waals surface area contributed by atoms with Crippen LogP contribution in [0.2, 0.25) is 15.2 Å². The number of benzene rings is 1. The van der Waals surface area contributed by atoms with Crippen LogP contribution in [0.3, 0.4) is 0 Å². The summed E-state index contributed by atoms with van der Waals surface area (Å²) in [5, 5.41) is 2.89. The van der Waals surface area contributed by atoms with E-state index in [2.05, 4.69) is 9.88 Å². The van der Waals surface area contributed by atoms with Gasteiger partial charge in [0.05, 0.1) is 36.1 Å². The van der Waals surface area contributed by atoms with Crippen molar-refractivity contribution in [3.05, 3.63) is 39.6 Å². The van der Waals surface area contributed by atoms with Gasteiger partial charge in [-0.05, 0) is 18.6 Å². The molecular formula is C21H20Cl3N3O3. The smallest absolute Gasteiger partial charge is 0.141 e. The second kappa shape index (κ2) is 8.63. The van der Waals surface area contributed by atoms with Crippen molar-refractivity contribution < 1.29 is 14.2 Å². The first kappa shape index (κ1) is 21.2. The molecule has 2 aromatic heterocycles. The van der Waals surface area contributed by atoms with Crippen LogP contribution in [0.5, 0.6) is 11.5 Å². The summed E-state index contributed by atoms with van der Waals surface area (Å²) >= 11 is 19.5. The lowest BCUT2D eigenvalue weighted by Gasteiger charge is -2.21. The molecule has 30 heavy (non-hydrogen) atoms. The van der Waals surface area contributed by atoms with E-state index in [1.165, 1.54) is 0 Å². The van der Waals surface area contributed by atoms with Gasteiger partial charge in [-0.15, -0.1) is 0 Å². The molecule has 1 unspecified atom stereocenters. The van der Waals surface area contributed by atoms with Crippen LogP contribution < -0.4 is 14.4 Å². The molecule has 1 atom stereocenters. The third-order valence-corrected chi connectivity index (χ3v) is 6.23. The SMILES string of the molecule is COc1cc(OC)c(Cl)c(-c2cc3cnc(Cl)cc3c(N3CCC(OC)C3)n2)c1Cl. The minimum atomic E-state index is 0.145. The molecule has 3 heterocycles. The van der Waals surface area contributed by atoms with Crippen molar-refractivity contribution in [2.24, 2.45) is 0 Å². The Kier molecular flexibility index (Phi) is 6.11. The zero-order valence-corrected chi connectivity index (χ0v) is 19.0. The third kappa shape index (κ3) is 3.73. The van der Waals surface area contributed by atoms with Gasteiger partial charge in [-0.3, -0.25) is 0 Å². The topological polar surface area (TPSA) is 56.7 Å². The zero-order valence-electron chi connectivity index (χ0n) is 16.7. The summed E-state index contributed by atoms with van der Waals surface area (Å²) in [6.45, 7) is 1.54. The summed E-state index contributed by atoms with van der Waals surface area (Å²) in [7, 11) is 4.80. The number of fused-ring (bicyclic) bond motifs is 1. The van der Waals surface area contributed by atoms with E-state index < -0.39 is 0 Å². The molecule has 0 bridgehead atoms. The standard InChI is InChI=1S/C21H20Cl3N3O3/c1-28-12-4-5-27(10-12)21-13-7-17(22)25-9-11(13)6-14(26-21)18-19(23)15(29-2)8-16(30-3)20(18)24/h6-9,12H,4-5,10H2,1-3H3. The fraction of sp³-hybridized carbons (Fsp3) is 0.333. The molecule has 6 nitrogen and oxygen atoms in total. The Morgan fingerprint density at radius 2 is 1.70 bits per heavy atom. The molecule has 0 amide bonds. The van der Waals surface area contributed by atoms with Crippen LogP contribution in [0.15, 0.2) is 24.4 Å². The van der Waals surface area contributed by atoms with Crippen LogP contribution in [0.25, 0.3) is 22.0 Å². The van der Waals surface area contributed by atoms with Gasteiger partial charge in [-0.1, -0.05) is 34.8 Å². The minimum Gasteiger partial charge on any atom is -0.495 e. The molecule has 1 aromatic carbocycles. The highest BCUT2D eigenvalue weighted by atomic mass is 35.5. The molecule has 9 heteroatoms. The summed E-state index contributed by atoms with van der Waals surface area (Å²) in [6, 6.07) is 5.36. The van der Waals surface area contributed by atoms with E-state index in [1.54, 1.807) is 33.6 Å². The van der Waals surface area contributed by atoms with E-state index in [0.29, 0.717) is 38.0 Å². The van der Waals surface area contributed by atoms with Crippen molar-refractivity contribution in [2.45, 2.75) is 12.5 Å². The number of hydrogen-bond acceptors (Lipinski definition) is 6. The highest BCUT2D eigenvalue weighted by Crippen LogP contribution is 2.46. The minimum absolute atomic E-state index is 0.145. The van der Waals surface area contributed by atoms with Crippen LogP contribution >= 0.6 is 34.8 Å². The van der Waals surface area contributed by atoms with Crippen molar-refractivity contribution in [1.29, 1.82) is 0 Å². The molecule has 4 rings (SSSR count). The van der Waals surface area contributed by atoms with E-state index in [0.717, 1.165) is 36.1 Å². The van der Waals surface area contributed by atoms with Gasteiger partial charge in [0.25, 0.3) is 0 Å². The molecule has 0 saturated carbocycles. The van der Waals surface area contributed by atoms with E-state index in [1.807, 2.05) is 12.1 Å². The molecule has 1 aliphatic rings. The normalized spacial score (nSPS) is 16.3. The number of halogens is 3. The maximum atomic E-state index is 6.64. The van der Waals surface area contributed by atoms with Gasteiger partial charge in [-0.2, -0.15) is 0 Å². The fourth-order valence-corrected chi connectivity index (χ4v) is 4.55. The molecule has 0 aliphatic carbocycles. The molecule has 0 radical (unpaired) electrons.